The molecule has 0 saturated carbocycles. The van der Waals surface area contributed by atoms with Crippen molar-refractivity contribution in [2.45, 2.75) is 26.4 Å². The van der Waals surface area contributed by atoms with Crippen LogP contribution in [-0.4, -0.2) is 9.91 Å². The first-order chi connectivity index (χ1) is 9.59. The van der Waals surface area contributed by atoms with Gasteiger partial charge in [-0.25, -0.2) is 0 Å². The number of benzene rings is 1. The smallest absolute Gasteiger partial charge is 0.272 e. The van der Waals surface area contributed by atoms with Gasteiger partial charge in [-0.2, -0.15) is 0 Å². The normalized spacial score (nSPS) is 12.1. The number of nitro benzene ring substituents is 1. The number of nitrogens with zero attached hydrogens (tertiary/aromatic N) is 2. The van der Waals surface area contributed by atoms with E-state index in [0.717, 1.165) is 11.1 Å². The highest BCUT2D eigenvalue weighted by molar-refractivity contribution is 5.44. The number of hydrogen-bond donors (Lipinski definition) is 1. The Kier molecular flexibility index (Phi) is 4.42. The number of aromatic nitrogens is 1. The summed E-state index contributed by atoms with van der Waals surface area (Å²) in [6.45, 7) is 4.44. The third-order valence-corrected chi connectivity index (χ3v) is 3.42. The summed E-state index contributed by atoms with van der Waals surface area (Å²) in [6, 6.07) is 9.24. The number of rotatable bonds is 5. The molecular formula is C15H17N3O2. The molecule has 104 valence electrons. The summed E-state index contributed by atoms with van der Waals surface area (Å²) in [6.07, 6.45) is 3.51. The van der Waals surface area contributed by atoms with Gasteiger partial charge in [0.05, 0.1) is 4.92 Å². The lowest BCUT2D eigenvalue weighted by Crippen LogP contribution is -2.18. The fourth-order valence-corrected chi connectivity index (χ4v) is 2.09. The van der Waals surface area contributed by atoms with Crippen LogP contribution in [0.1, 0.15) is 29.7 Å². The molecule has 0 aliphatic carbocycles. The summed E-state index contributed by atoms with van der Waals surface area (Å²) in [5, 5.41) is 14.3. The maximum absolute atomic E-state index is 10.9. The molecule has 0 aliphatic heterocycles. The molecule has 5 nitrogen and oxygen atoms in total. The number of nitro groups is 1. The minimum absolute atomic E-state index is 0.164. The van der Waals surface area contributed by atoms with Crippen LogP contribution in [-0.2, 0) is 6.54 Å². The molecule has 0 amide bonds. The Morgan fingerprint density at radius 1 is 1.30 bits per heavy atom. The molecule has 0 aliphatic rings. The van der Waals surface area contributed by atoms with E-state index in [-0.39, 0.29) is 16.7 Å². The lowest BCUT2D eigenvalue weighted by atomic mass is 10.1. The molecule has 1 aromatic carbocycles. The molecule has 2 aromatic rings. The van der Waals surface area contributed by atoms with E-state index in [9.17, 15) is 10.1 Å². The molecule has 1 atom stereocenters. The van der Waals surface area contributed by atoms with Crippen molar-refractivity contribution >= 4 is 5.69 Å². The zero-order valence-corrected chi connectivity index (χ0v) is 11.5. The highest BCUT2D eigenvalue weighted by atomic mass is 16.6. The second-order valence-electron chi connectivity index (χ2n) is 4.70. The van der Waals surface area contributed by atoms with Crippen molar-refractivity contribution in [3.8, 4) is 0 Å². The van der Waals surface area contributed by atoms with Crippen LogP contribution >= 0.6 is 0 Å². The third-order valence-electron chi connectivity index (χ3n) is 3.42. The molecule has 20 heavy (non-hydrogen) atoms. The van der Waals surface area contributed by atoms with Crippen molar-refractivity contribution in [2.24, 2.45) is 0 Å². The average Bonchev–Trinajstić information content (AvgIpc) is 2.46. The minimum atomic E-state index is -0.342. The van der Waals surface area contributed by atoms with Gasteiger partial charge in [-0.05, 0) is 37.1 Å². The fraction of sp³-hybridized carbons (Fsp3) is 0.267. The standard InChI is InChI=1S/C15H17N3O2/c1-11-14(4-3-5-15(11)18(19)20)10-17-12(2)13-6-8-16-9-7-13/h3-9,12,17H,10H2,1-2H3. The van der Waals surface area contributed by atoms with E-state index in [1.54, 1.807) is 25.4 Å². The van der Waals surface area contributed by atoms with Crippen LogP contribution in [0.5, 0.6) is 0 Å². The predicted octanol–water partition coefficient (Wildman–Crippen LogP) is 3.15. The van der Waals surface area contributed by atoms with Crippen molar-refractivity contribution in [1.82, 2.24) is 10.3 Å². The molecular weight excluding hydrogens is 254 g/mol. The number of nitrogens with one attached hydrogen (secondary N) is 1. The van der Waals surface area contributed by atoms with Crippen LogP contribution in [0.25, 0.3) is 0 Å². The van der Waals surface area contributed by atoms with E-state index >= 15 is 0 Å². The Hall–Kier alpha value is -2.27. The second kappa shape index (κ2) is 6.25. The van der Waals surface area contributed by atoms with Gasteiger partial charge in [-0.1, -0.05) is 12.1 Å². The molecule has 0 bridgehead atoms. The van der Waals surface area contributed by atoms with Gasteiger partial charge in [0, 0.05) is 36.6 Å². The van der Waals surface area contributed by atoms with Gasteiger partial charge in [-0.15, -0.1) is 0 Å². The van der Waals surface area contributed by atoms with Crippen LogP contribution in [0.15, 0.2) is 42.7 Å². The van der Waals surface area contributed by atoms with Gasteiger partial charge in [0.25, 0.3) is 5.69 Å². The van der Waals surface area contributed by atoms with Gasteiger partial charge >= 0.3 is 0 Å². The van der Waals surface area contributed by atoms with E-state index in [0.29, 0.717) is 12.1 Å². The van der Waals surface area contributed by atoms with Crippen molar-refractivity contribution < 1.29 is 4.92 Å². The molecule has 0 fully saturated rings. The van der Waals surface area contributed by atoms with Gasteiger partial charge < -0.3 is 5.32 Å². The maximum Gasteiger partial charge on any atom is 0.272 e. The largest absolute Gasteiger partial charge is 0.306 e. The topological polar surface area (TPSA) is 68.1 Å². The molecule has 1 aromatic heterocycles. The zero-order valence-electron chi connectivity index (χ0n) is 11.5. The van der Waals surface area contributed by atoms with Crippen molar-refractivity contribution in [2.75, 3.05) is 0 Å². The summed E-state index contributed by atoms with van der Waals surface area (Å²) in [7, 11) is 0. The molecule has 1 heterocycles. The van der Waals surface area contributed by atoms with Crippen LogP contribution in [0.2, 0.25) is 0 Å². The molecule has 0 radical (unpaired) electrons. The van der Waals surface area contributed by atoms with E-state index in [2.05, 4.69) is 17.2 Å². The Labute approximate surface area is 117 Å². The van der Waals surface area contributed by atoms with Gasteiger partial charge in [0.15, 0.2) is 0 Å². The van der Waals surface area contributed by atoms with E-state index in [1.165, 1.54) is 6.07 Å². The van der Waals surface area contributed by atoms with Crippen LogP contribution in [0.3, 0.4) is 0 Å². The Balaban J connectivity index is 2.08. The SMILES string of the molecule is Cc1c(CNC(C)c2ccncc2)cccc1[N+](=O)[O-]. The first-order valence-electron chi connectivity index (χ1n) is 6.45. The quantitative estimate of drug-likeness (QED) is 0.670. The number of hydrogen-bond acceptors (Lipinski definition) is 4. The lowest BCUT2D eigenvalue weighted by Gasteiger charge is -2.15. The summed E-state index contributed by atoms with van der Waals surface area (Å²) < 4.78 is 0. The number of pyridine rings is 1. The van der Waals surface area contributed by atoms with Crippen LogP contribution < -0.4 is 5.32 Å². The monoisotopic (exact) mass is 271 g/mol. The first-order valence-corrected chi connectivity index (χ1v) is 6.45. The van der Waals surface area contributed by atoms with Gasteiger partial charge in [0.2, 0.25) is 0 Å². The Bertz CT molecular complexity index is 599. The highest BCUT2D eigenvalue weighted by Crippen LogP contribution is 2.21. The Morgan fingerprint density at radius 2 is 2.00 bits per heavy atom. The van der Waals surface area contributed by atoms with E-state index in [1.807, 2.05) is 18.2 Å². The maximum atomic E-state index is 10.9. The Morgan fingerprint density at radius 3 is 2.65 bits per heavy atom. The molecule has 1 N–H and O–H groups in total. The van der Waals surface area contributed by atoms with Crippen molar-refractivity contribution in [3.63, 3.8) is 0 Å². The van der Waals surface area contributed by atoms with E-state index < -0.39 is 0 Å². The second-order valence-corrected chi connectivity index (χ2v) is 4.70. The highest BCUT2D eigenvalue weighted by Gasteiger charge is 2.13. The molecule has 5 heteroatoms. The zero-order chi connectivity index (χ0) is 14.5. The lowest BCUT2D eigenvalue weighted by molar-refractivity contribution is -0.385. The summed E-state index contributed by atoms with van der Waals surface area (Å²) >= 11 is 0. The summed E-state index contributed by atoms with van der Waals surface area (Å²) in [5.41, 5.74) is 2.97. The molecule has 0 spiro atoms. The minimum Gasteiger partial charge on any atom is -0.306 e. The van der Waals surface area contributed by atoms with Gasteiger partial charge in [-0.3, -0.25) is 15.1 Å². The van der Waals surface area contributed by atoms with Crippen molar-refractivity contribution in [1.29, 1.82) is 0 Å². The van der Waals surface area contributed by atoms with Crippen LogP contribution in [0.4, 0.5) is 5.69 Å². The van der Waals surface area contributed by atoms with Crippen molar-refractivity contribution in [3.05, 3.63) is 69.5 Å². The molecule has 2 rings (SSSR count). The third kappa shape index (κ3) is 3.19. The molecule has 0 saturated heterocycles. The first kappa shape index (κ1) is 14.1. The van der Waals surface area contributed by atoms with Gasteiger partial charge in [0.1, 0.15) is 0 Å². The predicted molar refractivity (Wildman–Crippen MR) is 77.3 cm³/mol. The average molecular weight is 271 g/mol. The van der Waals surface area contributed by atoms with Crippen LogP contribution in [0, 0.1) is 17.0 Å². The summed E-state index contributed by atoms with van der Waals surface area (Å²) in [5.74, 6) is 0. The summed E-state index contributed by atoms with van der Waals surface area (Å²) in [4.78, 5) is 14.6. The molecule has 1 unspecified atom stereocenters. The fourth-order valence-electron chi connectivity index (χ4n) is 2.09. The van der Waals surface area contributed by atoms with E-state index in [4.69, 9.17) is 0 Å².